The van der Waals surface area contributed by atoms with Crippen LogP contribution in [-0.4, -0.2) is 58.0 Å². The molecule has 4 rings (SSSR count). The minimum absolute atomic E-state index is 0.000490. The van der Waals surface area contributed by atoms with Crippen molar-refractivity contribution in [2.24, 2.45) is 5.41 Å². The number of nitrogens with zero attached hydrogens (tertiary/aromatic N) is 1. The van der Waals surface area contributed by atoms with Crippen molar-refractivity contribution in [3.63, 3.8) is 0 Å². The monoisotopic (exact) mass is 549 g/mol. The molecule has 3 N–H and O–H groups in total. The third-order valence-corrected chi connectivity index (χ3v) is 7.55. The van der Waals surface area contributed by atoms with Gasteiger partial charge < -0.3 is 25.1 Å². The molecule has 0 bridgehead atoms. The minimum Gasteiger partial charge on any atom is -0.481 e. The molecule has 8 nitrogen and oxygen atoms in total. The average molecular weight is 550 g/mol. The molecule has 3 unspecified atom stereocenters. The highest BCUT2D eigenvalue weighted by molar-refractivity contribution is 5.96. The summed E-state index contributed by atoms with van der Waals surface area (Å²) in [7, 11) is 0. The third-order valence-electron chi connectivity index (χ3n) is 7.55. The largest absolute Gasteiger partial charge is 0.481 e. The zero-order valence-corrected chi connectivity index (χ0v) is 22.4. The maximum atomic E-state index is 13.3. The van der Waals surface area contributed by atoms with Crippen molar-refractivity contribution in [2.45, 2.75) is 83.2 Å². The maximum Gasteiger partial charge on any atom is 0.416 e. The number of hydrogen-bond acceptors (Lipinski definition) is 5. The Morgan fingerprint density at radius 1 is 1.10 bits per heavy atom. The first-order valence-electron chi connectivity index (χ1n) is 13.0. The number of carboxylic acids is 1. The van der Waals surface area contributed by atoms with E-state index in [4.69, 9.17) is 4.42 Å². The number of alkyl halides is 3. The van der Waals surface area contributed by atoms with Crippen molar-refractivity contribution >= 4 is 17.8 Å². The first kappa shape index (κ1) is 28.7. The zero-order chi connectivity index (χ0) is 28.8. The Balaban J connectivity index is 1.43. The van der Waals surface area contributed by atoms with Gasteiger partial charge in [0.05, 0.1) is 11.0 Å². The molecule has 4 atom stereocenters. The Hall–Kier alpha value is -3.34. The van der Waals surface area contributed by atoms with E-state index >= 15 is 0 Å². The fourth-order valence-corrected chi connectivity index (χ4v) is 5.73. The van der Waals surface area contributed by atoms with E-state index in [1.807, 2.05) is 20.8 Å². The summed E-state index contributed by atoms with van der Waals surface area (Å²) in [6.07, 6.45) is -2.61. The molecule has 39 heavy (non-hydrogen) atoms. The average Bonchev–Trinajstić information content (AvgIpc) is 3.46. The molecule has 1 saturated carbocycles. The van der Waals surface area contributed by atoms with Crippen molar-refractivity contribution < 1.29 is 37.1 Å². The number of halogens is 3. The molecule has 0 spiro atoms. The number of likely N-dealkylation sites (tertiary alicyclic amines) is 1. The molecular weight excluding hydrogens is 515 g/mol. The summed E-state index contributed by atoms with van der Waals surface area (Å²) in [4.78, 5) is 40.1. The van der Waals surface area contributed by atoms with Crippen molar-refractivity contribution in [1.29, 1.82) is 0 Å². The molecular formula is C28H34F3N3O5. The fourth-order valence-electron chi connectivity index (χ4n) is 5.73. The lowest BCUT2D eigenvalue weighted by molar-refractivity contribution is -0.158. The Labute approximate surface area is 224 Å². The molecule has 2 heterocycles. The number of carbonyl (C=O) groups excluding carboxylic acids is 2. The van der Waals surface area contributed by atoms with E-state index in [2.05, 4.69) is 10.6 Å². The lowest BCUT2D eigenvalue weighted by Crippen LogP contribution is -2.59. The van der Waals surface area contributed by atoms with Crippen molar-refractivity contribution in [3.8, 4) is 11.3 Å². The van der Waals surface area contributed by atoms with Gasteiger partial charge in [0.15, 0.2) is 5.76 Å². The summed E-state index contributed by atoms with van der Waals surface area (Å²) < 4.78 is 44.7. The van der Waals surface area contributed by atoms with Crippen LogP contribution < -0.4 is 10.6 Å². The molecule has 1 aromatic heterocycles. The number of amides is 2. The minimum atomic E-state index is -4.52. The number of nitrogens with one attached hydrogen (secondary N) is 2. The van der Waals surface area contributed by atoms with Gasteiger partial charge in [-0.2, -0.15) is 13.2 Å². The molecule has 2 fully saturated rings. The topological polar surface area (TPSA) is 112 Å². The van der Waals surface area contributed by atoms with Gasteiger partial charge in [-0.3, -0.25) is 14.4 Å². The summed E-state index contributed by atoms with van der Waals surface area (Å²) in [5.74, 6) is -2.05. The van der Waals surface area contributed by atoms with Gasteiger partial charge in [0.1, 0.15) is 11.8 Å². The second-order valence-electron chi connectivity index (χ2n) is 11.7. The summed E-state index contributed by atoms with van der Waals surface area (Å²) in [6, 6.07) is 5.94. The fraction of sp³-hybridized carbons (Fsp3) is 0.536. The van der Waals surface area contributed by atoms with E-state index < -0.39 is 41.1 Å². The molecule has 2 aromatic rings. The van der Waals surface area contributed by atoms with E-state index in [1.54, 1.807) is 11.8 Å². The Kier molecular flexibility index (Phi) is 7.59. The summed E-state index contributed by atoms with van der Waals surface area (Å²) in [6.45, 7) is 8.05. The highest BCUT2D eigenvalue weighted by atomic mass is 19.4. The second kappa shape index (κ2) is 10.3. The van der Waals surface area contributed by atoms with E-state index in [0.29, 0.717) is 25.8 Å². The number of benzene rings is 1. The van der Waals surface area contributed by atoms with Crippen molar-refractivity contribution in [3.05, 3.63) is 47.7 Å². The third kappa shape index (κ3) is 6.13. The Morgan fingerprint density at radius 2 is 1.82 bits per heavy atom. The zero-order valence-electron chi connectivity index (χ0n) is 22.4. The molecule has 0 radical (unpaired) electrons. The van der Waals surface area contributed by atoms with Gasteiger partial charge in [-0.15, -0.1) is 0 Å². The lowest BCUT2D eigenvalue weighted by Gasteiger charge is -2.47. The van der Waals surface area contributed by atoms with Gasteiger partial charge in [-0.1, -0.05) is 12.1 Å². The van der Waals surface area contributed by atoms with Gasteiger partial charge in [0.2, 0.25) is 5.91 Å². The van der Waals surface area contributed by atoms with Crippen LogP contribution in [-0.2, 0) is 15.8 Å². The highest BCUT2D eigenvalue weighted by Crippen LogP contribution is 2.41. The number of furan rings is 1. The Morgan fingerprint density at radius 3 is 2.46 bits per heavy atom. The van der Waals surface area contributed by atoms with Crippen LogP contribution in [0.2, 0.25) is 0 Å². The standard InChI is InChI=1S/C28H34F3N3O5/c1-26(2,3)33-18-8-11-22(27(4,15-18)25(37)38)34-13-12-19(24(34)36)32-23(35)21-10-9-20(39-21)16-6-5-7-17(14-16)28(29,30)31/h5-7,9-10,14,18-19,22,33H,8,11-13,15H2,1-4H3,(H,32,35)(H,37,38)/t18?,19-,22?,27?/m0/s1. The number of rotatable bonds is 6. The van der Waals surface area contributed by atoms with Gasteiger partial charge in [-0.25, -0.2) is 0 Å². The van der Waals surface area contributed by atoms with E-state index in [0.717, 1.165) is 18.6 Å². The van der Waals surface area contributed by atoms with Gasteiger partial charge in [-0.05, 0) is 77.6 Å². The van der Waals surface area contributed by atoms with Crippen LogP contribution in [0.5, 0.6) is 0 Å². The quantitative estimate of drug-likeness (QED) is 0.482. The van der Waals surface area contributed by atoms with E-state index in [-0.39, 0.29) is 34.6 Å². The van der Waals surface area contributed by atoms with Gasteiger partial charge >= 0.3 is 12.1 Å². The van der Waals surface area contributed by atoms with Crippen molar-refractivity contribution in [1.82, 2.24) is 15.5 Å². The lowest BCUT2D eigenvalue weighted by atomic mass is 9.68. The van der Waals surface area contributed by atoms with Crippen molar-refractivity contribution in [2.75, 3.05) is 6.54 Å². The highest BCUT2D eigenvalue weighted by Gasteiger charge is 2.52. The van der Waals surface area contributed by atoms with Crippen LogP contribution in [0.3, 0.4) is 0 Å². The van der Waals surface area contributed by atoms with E-state index in [1.165, 1.54) is 24.3 Å². The molecule has 212 valence electrons. The van der Waals surface area contributed by atoms with Gasteiger partial charge in [0.25, 0.3) is 5.91 Å². The predicted molar refractivity (Wildman–Crippen MR) is 137 cm³/mol. The Bertz CT molecular complexity index is 1250. The molecule has 1 aromatic carbocycles. The maximum absolute atomic E-state index is 13.3. The molecule has 1 aliphatic carbocycles. The number of carbonyl (C=O) groups is 3. The molecule has 2 amide bonds. The van der Waals surface area contributed by atoms with Crippen LogP contribution in [0, 0.1) is 5.41 Å². The molecule has 1 saturated heterocycles. The first-order chi connectivity index (χ1) is 18.1. The first-order valence-corrected chi connectivity index (χ1v) is 13.0. The number of hydrogen-bond donors (Lipinski definition) is 3. The van der Waals surface area contributed by atoms with Gasteiger partial charge in [0, 0.05) is 29.7 Å². The normalized spacial score (nSPS) is 26.1. The van der Waals surface area contributed by atoms with Crippen LogP contribution >= 0.6 is 0 Å². The summed E-state index contributed by atoms with van der Waals surface area (Å²) in [5.41, 5.74) is -2.01. The SMILES string of the molecule is CC(C)(C)NC1CCC(N2CC[C@H](NC(=O)c3ccc(-c4cccc(C(F)(F)F)c4)o3)C2=O)C(C)(C(=O)O)C1. The van der Waals surface area contributed by atoms with Crippen LogP contribution in [0.1, 0.15) is 69.5 Å². The predicted octanol–water partition coefficient (Wildman–Crippen LogP) is 4.70. The van der Waals surface area contributed by atoms with Crippen LogP contribution in [0.15, 0.2) is 40.8 Å². The summed E-state index contributed by atoms with van der Waals surface area (Å²) in [5, 5.41) is 16.3. The molecule has 11 heteroatoms. The number of aliphatic carboxylic acids is 1. The number of carboxylic acid groups (broad SMARTS) is 1. The molecule has 2 aliphatic rings. The second-order valence-corrected chi connectivity index (χ2v) is 11.7. The smallest absolute Gasteiger partial charge is 0.416 e. The van der Waals surface area contributed by atoms with Crippen LogP contribution in [0.4, 0.5) is 13.2 Å². The van der Waals surface area contributed by atoms with Crippen LogP contribution in [0.25, 0.3) is 11.3 Å². The molecule has 1 aliphatic heterocycles. The summed E-state index contributed by atoms with van der Waals surface area (Å²) >= 11 is 0. The van der Waals surface area contributed by atoms with E-state index in [9.17, 15) is 32.7 Å².